The Morgan fingerprint density at radius 3 is 2.57 bits per heavy atom. The second kappa shape index (κ2) is 7.05. The van der Waals surface area contributed by atoms with Crippen molar-refractivity contribution in [1.29, 1.82) is 5.26 Å². The van der Waals surface area contributed by atoms with Crippen molar-refractivity contribution in [2.24, 2.45) is 0 Å². The molecule has 2 rings (SSSR count). The van der Waals surface area contributed by atoms with E-state index in [-0.39, 0.29) is 16.8 Å². The number of nitriles is 1. The van der Waals surface area contributed by atoms with Crippen LogP contribution in [0.25, 0.3) is 6.08 Å². The first-order valence-corrected chi connectivity index (χ1v) is 6.83. The Labute approximate surface area is 133 Å². The zero-order chi connectivity index (χ0) is 16.8. The van der Waals surface area contributed by atoms with Crippen LogP contribution in [0, 0.1) is 18.3 Å². The van der Waals surface area contributed by atoms with Crippen LogP contribution in [0.2, 0.25) is 0 Å². The smallest absolute Gasteiger partial charge is 0.337 e. The predicted molar refractivity (Wildman–Crippen MR) is 86.8 cm³/mol. The lowest BCUT2D eigenvalue weighted by atomic mass is 10.1. The highest BCUT2D eigenvalue weighted by atomic mass is 16.4. The average Bonchev–Trinajstić information content (AvgIpc) is 2.53. The van der Waals surface area contributed by atoms with E-state index in [1.807, 2.05) is 31.2 Å². The fraction of sp³-hybridized carbons (Fsp3) is 0.0556. The van der Waals surface area contributed by atoms with Crippen LogP contribution in [0.5, 0.6) is 0 Å². The number of hydrogen-bond donors (Lipinski definition) is 2. The van der Waals surface area contributed by atoms with Crippen molar-refractivity contribution in [2.45, 2.75) is 6.92 Å². The zero-order valence-corrected chi connectivity index (χ0v) is 12.4. The summed E-state index contributed by atoms with van der Waals surface area (Å²) < 4.78 is 0. The molecule has 2 N–H and O–H groups in total. The zero-order valence-electron chi connectivity index (χ0n) is 12.4. The van der Waals surface area contributed by atoms with Crippen molar-refractivity contribution < 1.29 is 14.7 Å². The maximum atomic E-state index is 12.2. The molecule has 5 nitrogen and oxygen atoms in total. The summed E-state index contributed by atoms with van der Waals surface area (Å²) in [6.45, 7) is 1.91. The number of para-hydroxylation sites is 1. The van der Waals surface area contributed by atoms with E-state index in [2.05, 4.69) is 5.32 Å². The van der Waals surface area contributed by atoms with Crippen molar-refractivity contribution in [1.82, 2.24) is 0 Å². The van der Waals surface area contributed by atoms with E-state index in [0.29, 0.717) is 0 Å². The van der Waals surface area contributed by atoms with Gasteiger partial charge in [-0.15, -0.1) is 0 Å². The molecule has 0 spiro atoms. The molecule has 2 aromatic rings. The molecular formula is C18H14N2O3. The number of nitrogens with one attached hydrogen (secondary N) is 1. The minimum Gasteiger partial charge on any atom is -0.478 e. The minimum absolute atomic E-state index is 0.0336. The molecule has 0 bridgehead atoms. The SMILES string of the molecule is Cc1cccc(/C=C(\C#N)C(=O)Nc2ccccc2C(=O)O)c1. The van der Waals surface area contributed by atoms with E-state index >= 15 is 0 Å². The maximum Gasteiger partial charge on any atom is 0.337 e. The fourth-order valence-electron chi connectivity index (χ4n) is 2.04. The van der Waals surface area contributed by atoms with Gasteiger partial charge in [-0.2, -0.15) is 5.26 Å². The normalized spacial score (nSPS) is 10.7. The largest absolute Gasteiger partial charge is 0.478 e. The molecule has 0 heterocycles. The number of hydrogen-bond acceptors (Lipinski definition) is 3. The molecule has 0 saturated heterocycles. The molecular weight excluding hydrogens is 292 g/mol. The van der Waals surface area contributed by atoms with Gasteiger partial charge in [-0.1, -0.05) is 42.0 Å². The minimum atomic E-state index is -1.15. The summed E-state index contributed by atoms with van der Waals surface area (Å²) in [6.07, 6.45) is 1.46. The molecule has 1 amide bonds. The van der Waals surface area contributed by atoms with Crippen molar-refractivity contribution >= 4 is 23.6 Å². The first-order chi connectivity index (χ1) is 11.0. The quantitative estimate of drug-likeness (QED) is 0.670. The number of carboxylic acid groups (broad SMARTS) is 1. The van der Waals surface area contributed by atoms with Gasteiger partial charge in [-0.25, -0.2) is 4.79 Å². The lowest BCUT2D eigenvalue weighted by Gasteiger charge is -2.07. The molecule has 0 atom stereocenters. The molecule has 0 fully saturated rings. The molecule has 5 heteroatoms. The van der Waals surface area contributed by atoms with E-state index in [0.717, 1.165) is 11.1 Å². The molecule has 0 saturated carbocycles. The van der Waals surface area contributed by atoms with Crippen molar-refractivity contribution in [2.75, 3.05) is 5.32 Å². The molecule has 0 unspecified atom stereocenters. The third kappa shape index (κ3) is 4.05. The van der Waals surface area contributed by atoms with Crippen molar-refractivity contribution in [3.63, 3.8) is 0 Å². The Bertz CT molecular complexity index is 832. The van der Waals surface area contributed by atoms with Crippen LogP contribution in [-0.2, 0) is 4.79 Å². The van der Waals surface area contributed by atoms with Gasteiger partial charge < -0.3 is 10.4 Å². The van der Waals surface area contributed by atoms with Gasteiger partial charge in [0, 0.05) is 0 Å². The molecule has 114 valence electrons. The summed E-state index contributed by atoms with van der Waals surface area (Å²) in [5.41, 5.74) is 1.75. The standard InChI is InChI=1S/C18H14N2O3/c1-12-5-4-6-13(9-12)10-14(11-19)17(21)20-16-8-3-2-7-15(16)18(22)23/h2-10H,1H3,(H,20,21)(H,22,23)/b14-10+. The second-order valence-corrected chi connectivity index (χ2v) is 4.89. The Morgan fingerprint density at radius 1 is 1.17 bits per heavy atom. The number of carbonyl (C=O) groups is 2. The van der Waals surface area contributed by atoms with E-state index in [9.17, 15) is 14.9 Å². The number of aromatic carboxylic acids is 1. The fourth-order valence-corrected chi connectivity index (χ4v) is 2.04. The molecule has 0 aliphatic rings. The lowest BCUT2D eigenvalue weighted by molar-refractivity contribution is -0.112. The molecule has 0 aliphatic carbocycles. The summed E-state index contributed by atoms with van der Waals surface area (Å²) in [6, 6.07) is 15.2. The van der Waals surface area contributed by atoms with Crippen molar-refractivity contribution in [3.8, 4) is 6.07 Å². The van der Waals surface area contributed by atoms with Gasteiger partial charge in [0.1, 0.15) is 11.6 Å². The van der Waals surface area contributed by atoms with Crippen LogP contribution >= 0.6 is 0 Å². The van der Waals surface area contributed by atoms with E-state index in [1.54, 1.807) is 18.2 Å². The summed E-state index contributed by atoms with van der Waals surface area (Å²) in [5, 5.41) is 20.8. The molecule has 0 aromatic heterocycles. The average molecular weight is 306 g/mol. The third-order valence-electron chi connectivity index (χ3n) is 3.12. The Morgan fingerprint density at radius 2 is 1.91 bits per heavy atom. The predicted octanol–water partition coefficient (Wildman–Crippen LogP) is 3.24. The summed E-state index contributed by atoms with van der Waals surface area (Å²) >= 11 is 0. The molecule has 2 aromatic carbocycles. The highest BCUT2D eigenvalue weighted by molar-refractivity contribution is 6.11. The summed E-state index contributed by atoms with van der Waals surface area (Å²) in [4.78, 5) is 23.4. The Hall–Kier alpha value is -3.39. The van der Waals surface area contributed by atoms with E-state index in [1.165, 1.54) is 18.2 Å². The first kappa shape index (κ1) is 16.0. The summed E-state index contributed by atoms with van der Waals surface area (Å²) in [7, 11) is 0. The van der Waals surface area contributed by atoms with Gasteiger partial charge in [0.05, 0.1) is 11.3 Å². The number of aryl methyl sites for hydroxylation is 1. The number of nitrogens with zero attached hydrogens (tertiary/aromatic N) is 1. The first-order valence-electron chi connectivity index (χ1n) is 6.83. The Kier molecular flexibility index (Phi) is 4.90. The van der Waals surface area contributed by atoms with E-state index in [4.69, 9.17) is 5.11 Å². The lowest BCUT2D eigenvalue weighted by Crippen LogP contribution is -2.16. The van der Waals surface area contributed by atoms with Crippen LogP contribution < -0.4 is 5.32 Å². The van der Waals surface area contributed by atoms with Crippen LogP contribution in [0.3, 0.4) is 0 Å². The monoisotopic (exact) mass is 306 g/mol. The van der Waals surface area contributed by atoms with Crippen LogP contribution in [0.4, 0.5) is 5.69 Å². The number of benzene rings is 2. The van der Waals surface area contributed by atoms with Gasteiger partial charge in [0.2, 0.25) is 0 Å². The van der Waals surface area contributed by atoms with Crippen molar-refractivity contribution in [3.05, 3.63) is 70.8 Å². The number of carbonyl (C=O) groups excluding carboxylic acids is 1. The van der Waals surface area contributed by atoms with Gasteiger partial charge in [0.15, 0.2) is 0 Å². The second-order valence-electron chi connectivity index (χ2n) is 4.89. The molecule has 23 heavy (non-hydrogen) atoms. The number of carboxylic acids is 1. The van der Waals surface area contributed by atoms with Gasteiger partial charge in [0.25, 0.3) is 5.91 Å². The van der Waals surface area contributed by atoms with Gasteiger partial charge >= 0.3 is 5.97 Å². The highest BCUT2D eigenvalue weighted by Gasteiger charge is 2.14. The van der Waals surface area contributed by atoms with Gasteiger partial charge in [-0.05, 0) is 30.7 Å². The number of rotatable bonds is 4. The maximum absolute atomic E-state index is 12.2. The highest BCUT2D eigenvalue weighted by Crippen LogP contribution is 2.17. The Balaban J connectivity index is 2.29. The number of amides is 1. The van der Waals surface area contributed by atoms with Gasteiger partial charge in [-0.3, -0.25) is 4.79 Å². The van der Waals surface area contributed by atoms with E-state index < -0.39 is 11.9 Å². The topological polar surface area (TPSA) is 90.2 Å². The van der Waals surface area contributed by atoms with Crippen LogP contribution in [0.15, 0.2) is 54.1 Å². The molecule has 0 radical (unpaired) electrons. The summed E-state index contributed by atoms with van der Waals surface area (Å²) in [5.74, 6) is -1.80. The third-order valence-corrected chi connectivity index (χ3v) is 3.12. The number of anilines is 1. The van der Waals surface area contributed by atoms with Crippen LogP contribution in [-0.4, -0.2) is 17.0 Å². The van der Waals surface area contributed by atoms with Crippen LogP contribution in [0.1, 0.15) is 21.5 Å². The molecule has 0 aliphatic heterocycles.